The summed E-state index contributed by atoms with van der Waals surface area (Å²) < 4.78 is 5.99. The van der Waals surface area contributed by atoms with E-state index in [1.165, 1.54) is 23.9 Å². The number of hydrogen-bond acceptors (Lipinski definition) is 5. The summed E-state index contributed by atoms with van der Waals surface area (Å²) >= 11 is 0. The van der Waals surface area contributed by atoms with E-state index in [4.69, 9.17) is 4.74 Å². The Bertz CT molecular complexity index is 595. The molecule has 0 fully saturated rings. The lowest BCUT2D eigenvalue weighted by atomic mass is 10.0. The molecule has 7 heteroatoms. The molecule has 1 aromatic rings. The van der Waals surface area contributed by atoms with Gasteiger partial charge in [-0.1, -0.05) is 27.2 Å². The van der Waals surface area contributed by atoms with E-state index >= 15 is 0 Å². The van der Waals surface area contributed by atoms with Gasteiger partial charge in [0.1, 0.15) is 11.7 Å². The van der Waals surface area contributed by atoms with Crippen molar-refractivity contribution in [2.75, 3.05) is 7.11 Å². The molecule has 23 heavy (non-hydrogen) atoms. The largest absolute Gasteiger partial charge is 0.467 e. The Morgan fingerprint density at radius 2 is 2.04 bits per heavy atom. The van der Waals surface area contributed by atoms with Crippen LogP contribution in [0.4, 0.5) is 0 Å². The Balaban J connectivity index is 2.90. The van der Waals surface area contributed by atoms with Crippen LogP contribution in [-0.2, 0) is 16.1 Å². The molecule has 0 saturated heterocycles. The maximum atomic E-state index is 12.3. The van der Waals surface area contributed by atoms with Crippen molar-refractivity contribution in [3.63, 3.8) is 0 Å². The molecular weight excluding hydrogens is 298 g/mol. The van der Waals surface area contributed by atoms with Gasteiger partial charge in [0, 0.05) is 12.6 Å². The maximum Gasteiger partial charge on any atom is 0.328 e. The standard InChI is InChI=1S/C16H25N3O4/c1-5-6-9-19-14(20)8-7-12(18-19)15(21)17-13(10-11(2)3)16(22)23-4/h7-8,11,13H,5-6,9-10H2,1-4H3,(H,17,21). The second-order valence-electron chi connectivity index (χ2n) is 5.81. The minimum absolute atomic E-state index is 0.110. The van der Waals surface area contributed by atoms with E-state index in [-0.39, 0.29) is 17.2 Å². The number of rotatable bonds is 8. The predicted molar refractivity (Wildman–Crippen MR) is 86.1 cm³/mol. The van der Waals surface area contributed by atoms with Crippen molar-refractivity contribution >= 4 is 11.9 Å². The van der Waals surface area contributed by atoms with Crippen molar-refractivity contribution in [1.82, 2.24) is 15.1 Å². The molecule has 1 aromatic heterocycles. The molecule has 0 aliphatic carbocycles. The molecule has 1 N–H and O–H groups in total. The van der Waals surface area contributed by atoms with Gasteiger partial charge in [-0.25, -0.2) is 9.48 Å². The van der Waals surface area contributed by atoms with E-state index in [1.54, 1.807) is 0 Å². The fourth-order valence-electron chi connectivity index (χ4n) is 2.10. The number of amides is 1. The SMILES string of the molecule is CCCCn1nc(C(=O)NC(CC(C)C)C(=O)OC)ccc1=O. The van der Waals surface area contributed by atoms with Crippen LogP contribution >= 0.6 is 0 Å². The van der Waals surface area contributed by atoms with Gasteiger partial charge in [0.25, 0.3) is 11.5 Å². The molecule has 0 bridgehead atoms. The number of unbranched alkanes of at least 4 members (excludes halogenated alkanes) is 1. The summed E-state index contributed by atoms with van der Waals surface area (Å²) in [5.74, 6) is -0.775. The van der Waals surface area contributed by atoms with Gasteiger partial charge in [-0.15, -0.1) is 0 Å². The fraction of sp³-hybridized carbons (Fsp3) is 0.625. The second-order valence-corrected chi connectivity index (χ2v) is 5.81. The predicted octanol–water partition coefficient (Wildman–Crippen LogP) is 1.36. The quantitative estimate of drug-likeness (QED) is 0.730. The topological polar surface area (TPSA) is 90.3 Å². The molecule has 1 unspecified atom stereocenters. The molecule has 128 valence electrons. The Labute approximate surface area is 136 Å². The molecule has 7 nitrogen and oxygen atoms in total. The molecule has 0 aliphatic rings. The maximum absolute atomic E-state index is 12.3. The number of ether oxygens (including phenoxy) is 1. The molecule has 0 radical (unpaired) electrons. The van der Waals surface area contributed by atoms with Gasteiger partial charge in [-0.2, -0.15) is 5.10 Å². The Hall–Kier alpha value is -2.18. The summed E-state index contributed by atoms with van der Waals surface area (Å²) in [7, 11) is 1.28. The van der Waals surface area contributed by atoms with E-state index in [0.29, 0.717) is 13.0 Å². The van der Waals surface area contributed by atoms with Crippen molar-refractivity contribution in [2.45, 2.75) is 52.6 Å². The highest BCUT2D eigenvalue weighted by Crippen LogP contribution is 2.07. The lowest BCUT2D eigenvalue weighted by molar-refractivity contribution is -0.143. The third-order valence-corrected chi connectivity index (χ3v) is 3.32. The fourth-order valence-corrected chi connectivity index (χ4v) is 2.10. The first-order valence-electron chi connectivity index (χ1n) is 7.85. The van der Waals surface area contributed by atoms with Gasteiger partial charge < -0.3 is 10.1 Å². The molecule has 1 heterocycles. The smallest absolute Gasteiger partial charge is 0.328 e. The Kier molecular flexibility index (Phi) is 7.44. The van der Waals surface area contributed by atoms with E-state index in [0.717, 1.165) is 12.8 Å². The number of methoxy groups -OCH3 is 1. The average molecular weight is 323 g/mol. The first kappa shape index (κ1) is 18.9. The van der Waals surface area contributed by atoms with Crippen LogP contribution in [0.3, 0.4) is 0 Å². The molecule has 1 amide bonds. The van der Waals surface area contributed by atoms with Crippen molar-refractivity contribution in [1.29, 1.82) is 0 Å². The summed E-state index contributed by atoms with van der Waals surface area (Å²) in [5.41, 5.74) is -0.139. The summed E-state index contributed by atoms with van der Waals surface area (Å²) in [6.07, 6.45) is 2.19. The van der Waals surface area contributed by atoms with Crippen molar-refractivity contribution in [3.8, 4) is 0 Å². The van der Waals surface area contributed by atoms with Crippen LogP contribution in [0.25, 0.3) is 0 Å². The third-order valence-electron chi connectivity index (χ3n) is 3.32. The van der Waals surface area contributed by atoms with Gasteiger partial charge >= 0.3 is 5.97 Å². The number of carbonyl (C=O) groups is 2. The number of hydrogen-bond donors (Lipinski definition) is 1. The van der Waals surface area contributed by atoms with Gasteiger partial charge in [-0.3, -0.25) is 9.59 Å². The van der Waals surface area contributed by atoms with Gasteiger partial charge in [0.05, 0.1) is 7.11 Å². The normalized spacial score (nSPS) is 12.0. The number of aryl methyl sites for hydroxylation is 1. The monoisotopic (exact) mass is 323 g/mol. The van der Waals surface area contributed by atoms with Gasteiger partial charge in [0.15, 0.2) is 0 Å². The zero-order chi connectivity index (χ0) is 17.4. The van der Waals surface area contributed by atoms with Gasteiger partial charge in [-0.05, 0) is 24.8 Å². The first-order valence-corrected chi connectivity index (χ1v) is 7.85. The van der Waals surface area contributed by atoms with Crippen LogP contribution < -0.4 is 10.9 Å². The zero-order valence-corrected chi connectivity index (χ0v) is 14.2. The molecule has 1 rings (SSSR count). The van der Waals surface area contributed by atoms with Crippen molar-refractivity contribution in [3.05, 3.63) is 28.2 Å². The van der Waals surface area contributed by atoms with Crippen molar-refractivity contribution in [2.24, 2.45) is 5.92 Å². The first-order chi connectivity index (χ1) is 10.9. The van der Waals surface area contributed by atoms with Crippen LogP contribution in [0.15, 0.2) is 16.9 Å². The second kappa shape index (κ2) is 9.07. The van der Waals surface area contributed by atoms with E-state index in [1.807, 2.05) is 20.8 Å². The van der Waals surface area contributed by atoms with Crippen LogP contribution in [0.1, 0.15) is 50.5 Å². The number of carbonyl (C=O) groups excluding carboxylic acids is 2. The molecule has 0 aliphatic heterocycles. The number of nitrogens with zero attached hydrogens (tertiary/aromatic N) is 2. The summed E-state index contributed by atoms with van der Waals surface area (Å²) in [6, 6.07) is 1.95. The van der Waals surface area contributed by atoms with E-state index < -0.39 is 17.9 Å². The zero-order valence-electron chi connectivity index (χ0n) is 14.2. The number of esters is 1. The van der Waals surface area contributed by atoms with Crippen molar-refractivity contribution < 1.29 is 14.3 Å². The van der Waals surface area contributed by atoms with Crippen LogP contribution in [0.5, 0.6) is 0 Å². The summed E-state index contributed by atoms with van der Waals surface area (Å²) in [5, 5.41) is 6.69. The van der Waals surface area contributed by atoms with Crippen LogP contribution in [-0.4, -0.2) is 34.8 Å². The minimum atomic E-state index is -0.731. The summed E-state index contributed by atoms with van der Waals surface area (Å²) in [6.45, 7) is 6.37. The third kappa shape index (κ3) is 5.84. The number of nitrogens with one attached hydrogen (secondary N) is 1. The highest BCUT2D eigenvalue weighted by atomic mass is 16.5. The Morgan fingerprint density at radius 3 is 2.61 bits per heavy atom. The van der Waals surface area contributed by atoms with Crippen LogP contribution in [0, 0.1) is 5.92 Å². The van der Waals surface area contributed by atoms with Gasteiger partial charge in [0.2, 0.25) is 0 Å². The molecule has 0 saturated carbocycles. The van der Waals surface area contributed by atoms with E-state index in [9.17, 15) is 14.4 Å². The molecule has 1 atom stereocenters. The molecule has 0 spiro atoms. The molecule has 0 aromatic carbocycles. The highest BCUT2D eigenvalue weighted by molar-refractivity contribution is 5.95. The Morgan fingerprint density at radius 1 is 1.35 bits per heavy atom. The summed E-state index contributed by atoms with van der Waals surface area (Å²) in [4.78, 5) is 35.8. The lowest BCUT2D eigenvalue weighted by Gasteiger charge is -2.18. The minimum Gasteiger partial charge on any atom is -0.467 e. The average Bonchev–Trinajstić information content (AvgIpc) is 2.52. The molecular formula is C16H25N3O4. The van der Waals surface area contributed by atoms with Crippen LogP contribution in [0.2, 0.25) is 0 Å². The lowest BCUT2D eigenvalue weighted by Crippen LogP contribution is -2.43. The number of aromatic nitrogens is 2. The highest BCUT2D eigenvalue weighted by Gasteiger charge is 2.24. The van der Waals surface area contributed by atoms with E-state index in [2.05, 4.69) is 10.4 Å².